The molecule has 3 nitrogen and oxygen atoms in total. The third-order valence-electron chi connectivity index (χ3n) is 7.54. The molecule has 0 aliphatic carbocycles. The van der Waals surface area contributed by atoms with Gasteiger partial charge in [0.2, 0.25) is 0 Å². The molecule has 0 aliphatic rings. The highest BCUT2D eigenvalue weighted by Crippen LogP contribution is 2.55. The molecule has 0 saturated carbocycles. The summed E-state index contributed by atoms with van der Waals surface area (Å²) >= 11 is 0. The standard InChI is InChI=1S/C39H27N3/c1-4-13-28(14-5-1)34-37(31-19-10-22-40-25-31)35(29-15-6-2-7-16-29)39(33-21-12-24-42-27-33)36(30-17-8-3-9-18-30)38(34)32-20-11-23-41-26-32/h1-27H. The molecule has 7 aromatic rings. The van der Waals surface area contributed by atoms with Gasteiger partial charge < -0.3 is 0 Å². The zero-order valence-electron chi connectivity index (χ0n) is 22.9. The van der Waals surface area contributed by atoms with E-state index in [4.69, 9.17) is 0 Å². The molecular formula is C39H27N3. The van der Waals surface area contributed by atoms with Crippen LogP contribution in [0.3, 0.4) is 0 Å². The maximum atomic E-state index is 4.59. The normalized spacial score (nSPS) is 10.9. The molecule has 7 rings (SSSR count). The van der Waals surface area contributed by atoms with Crippen LogP contribution in [0.2, 0.25) is 0 Å². The van der Waals surface area contributed by atoms with Crippen molar-refractivity contribution in [3.63, 3.8) is 0 Å². The largest absolute Gasteiger partial charge is 0.264 e. The molecule has 0 radical (unpaired) electrons. The van der Waals surface area contributed by atoms with Gasteiger partial charge in [0.05, 0.1) is 0 Å². The van der Waals surface area contributed by atoms with Crippen molar-refractivity contribution in [2.45, 2.75) is 0 Å². The molecule has 4 aromatic carbocycles. The van der Waals surface area contributed by atoms with E-state index in [1.165, 1.54) is 0 Å². The Kier molecular flexibility index (Phi) is 6.89. The van der Waals surface area contributed by atoms with Gasteiger partial charge in [0.15, 0.2) is 0 Å². The van der Waals surface area contributed by atoms with E-state index in [0.29, 0.717) is 0 Å². The summed E-state index contributed by atoms with van der Waals surface area (Å²) in [4.78, 5) is 13.8. The third-order valence-corrected chi connectivity index (χ3v) is 7.54. The second-order valence-electron chi connectivity index (χ2n) is 10.1. The Labute approximate surface area is 245 Å². The molecule has 0 unspecified atom stereocenters. The molecule has 3 aromatic heterocycles. The minimum Gasteiger partial charge on any atom is -0.264 e. The zero-order chi connectivity index (χ0) is 28.1. The molecule has 0 bridgehead atoms. The van der Waals surface area contributed by atoms with Crippen molar-refractivity contribution in [1.82, 2.24) is 15.0 Å². The fraction of sp³-hybridized carbons (Fsp3) is 0. The van der Waals surface area contributed by atoms with Crippen molar-refractivity contribution in [3.05, 3.63) is 165 Å². The minimum atomic E-state index is 1.05. The number of rotatable bonds is 6. The maximum Gasteiger partial charge on any atom is 0.0346 e. The van der Waals surface area contributed by atoms with Gasteiger partial charge in [-0.2, -0.15) is 0 Å². The fourth-order valence-electron chi connectivity index (χ4n) is 5.83. The molecule has 3 heterocycles. The van der Waals surface area contributed by atoms with E-state index in [9.17, 15) is 0 Å². The van der Waals surface area contributed by atoms with Crippen molar-refractivity contribution < 1.29 is 0 Å². The maximum absolute atomic E-state index is 4.59. The summed E-state index contributed by atoms with van der Waals surface area (Å²) < 4.78 is 0. The molecule has 42 heavy (non-hydrogen) atoms. The number of benzene rings is 4. The van der Waals surface area contributed by atoms with Crippen molar-refractivity contribution in [1.29, 1.82) is 0 Å². The fourth-order valence-corrected chi connectivity index (χ4v) is 5.83. The topological polar surface area (TPSA) is 38.7 Å². The number of hydrogen-bond donors (Lipinski definition) is 0. The Bertz CT molecular complexity index is 1530. The SMILES string of the molecule is c1ccc(-c2c(-c3cccnc3)c(-c3ccccc3)c(-c3cccnc3)c(-c3ccccc3)c2-c2cccnc2)cc1. The van der Waals surface area contributed by atoms with Gasteiger partial charge in [0.25, 0.3) is 0 Å². The van der Waals surface area contributed by atoms with Gasteiger partial charge >= 0.3 is 0 Å². The lowest BCUT2D eigenvalue weighted by atomic mass is 9.74. The summed E-state index contributed by atoms with van der Waals surface area (Å²) in [5, 5.41) is 0. The summed E-state index contributed by atoms with van der Waals surface area (Å²) in [6.45, 7) is 0. The van der Waals surface area contributed by atoms with Gasteiger partial charge in [-0.15, -0.1) is 0 Å². The van der Waals surface area contributed by atoms with Gasteiger partial charge in [-0.3, -0.25) is 15.0 Å². The molecule has 0 fully saturated rings. The molecule has 0 saturated heterocycles. The van der Waals surface area contributed by atoms with E-state index >= 15 is 0 Å². The van der Waals surface area contributed by atoms with Crippen LogP contribution in [0.5, 0.6) is 0 Å². The Morgan fingerprint density at radius 1 is 0.238 bits per heavy atom. The molecule has 0 atom stereocenters. The van der Waals surface area contributed by atoms with E-state index in [-0.39, 0.29) is 0 Å². The van der Waals surface area contributed by atoms with Gasteiger partial charge in [0, 0.05) is 70.6 Å². The van der Waals surface area contributed by atoms with Crippen molar-refractivity contribution >= 4 is 0 Å². The van der Waals surface area contributed by atoms with E-state index in [0.717, 1.165) is 66.8 Å². The highest BCUT2D eigenvalue weighted by atomic mass is 14.6. The van der Waals surface area contributed by atoms with Crippen LogP contribution < -0.4 is 0 Å². The quantitative estimate of drug-likeness (QED) is 0.212. The van der Waals surface area contributed by atoms with Crippen molar-refractivity contribution in [2.24, 2.45) is 0 Å². The predicted octanol–water partition coefficient (Wildman–Crippen LogP) is 9.87. The molecule has 198 valence electrons. The minimum absolute atomic E-state index is 1.05. The third kappa shape index (κ3) is 4.67. The number of aromatic nitrogens is 3. The van der Waals surface area contributed by atoms with E-state index < -0.39 is 0 Å². The summed E-state index contributed by atoms with van der Waals surface area (Å²) in [7, 11) is 0. The van der Waals surface area contributed by atoms with Gasteiger partial charge in [-0.1, -0.05) is 109 Å². The first-order valence-corrected chi connectivity index (χ1v) is 14.0. The molecule has 0 amide bonds. The first kappa shape index (κ1) is 25.3. The lowest BCUT2D eigenvalue weighted by molar-refractivity contribution is 1.32. The lowest BCUT2D eigenvalue weighted by Crippen LogP contribution is -2.02. The second kappa shape index (κ2) is 11.4. The zero-order valence-corrected chi connectivity index (χ0v) is 22.9. The molecule has 3 heteroatoms. The predicted molar refractivity (Wildman–Crippen MR) is 172 cm³/mol. The van der Waals surface area contributed by atoms with Crippen LogP contribution in [0.4, 0.5) is 0 Å². The summed E-state index contributed by atoms with van der Waals surface area (Å²) in [5.74, 6) is 0. The Morgan fingerprint density at radius 2 is 0.476 bits per heavy atom. The van der Waals surface area contributed by atoms with Crippen LogP contribution >= 0.6 is 0 Å². The molecule has 0 spiro atoms. The van der Waals surface area contributed by atoms with E-state index in [1.54, 1.807) is 0 Å². The number of pyridine rings is 3. The van der Waals surface area contributed by atoms with E-state index in [1.807, 2.05) is 55.4 Å². The molecule has 0 aliphatic heterocycles. The van der Waals surface area contributed by atoms with Crippen molar-refractivity contribution in [2.75, 3.05) is 0 Å². The molecule has 0 N–H and O–H groups in total. The van der Waals surface area contributed by atoms with Crippen LogP contribution in [-0.4, -0.2) is 15.0 Å². The smallest absolute Gasteiger partial charge is 0.0346 e. The first-order valence-electron chi connectivity index (χ1n) is 14.0. The highest BCUT2D eigenvalue weighted by Gasteiger charge is 2.29. The van der Waals surface area contributed by atoms with Crippen LogP contribution in [0.1, 0.15) is 0 Å². The van der Waals surface area contributed by atoms with Crippen LogP contribution in [-0.2, 0) is 0 Å². The first-order chi connectivity index (χ1) is 20.9. The van der Waals surface area contributed by atoms with E-state index in [2.05, 4.69) is 124 Å². The average molecular weight is 538 g/mol. The monoisotopic (exact) mass is 537 g/mol. The summed E-state index contributed by atoms with van der Waals surface area (Å²) in [5.41, 5.74) is 13.3. The van der Waals surface area contributed by atoms with Gasteiger partial charge in [0.1, 0.15) is 0 Å². The van der Waals surface area contributed by atoms with Crippen molar-refractivity contribution in [3.8, 4) is 66.8 Å². The highest BCUT2D eigenvalue weighted by molar-refractivity contribution is 6.14. The van der Waals surface area contributed by atoms with Gasteiger partial charge in [-0.25, -0.2) is 0 Å². The second-order valence-corrected chi connectivity index (χ2v) is 10.1. The van der Waals surface area contributed by atoms with Crippen LogP contribution in [0, 0.1) is 0 Å². The molecular weight excluding hydrogens is 510 g/mol. The Hall–Kier alpha value is -5.67. The van der Waals surface area contributed by atoms with Crippen LogP contribution in [0.15, 0.2) is 165 Å². The lowest BCUT2D eigenvalue weighted by Gasteiger charge is -2.28. The number of nitrogens with zero attached hydrogens (tertiary/aromatic N) is 3. The van der Waals surface area contributed by atoms with Gasteiger partial charge in [-0.05, 0) is 51.6 Å². The number of hydrogen-bond acceptors (Lipinski definition) is 3. The average Bonchev–Trinajstić information content (AvgIpc) is 3.09. The Morgan fingerprint density at radius 3 is 0.714 bits per heavy atom. The van der Waals surface area contributed by atoms with Crippen LogP contribution in [0.25, 0.3) is 66.8 Å². The Balaban J connectivity index is 1.81. The summed E-state index contributed by atoms with van der Waals surface area (Å²) in [6.07, 6.45) is 11.4. The summed E-state index contributed by atoms with van der Waals surface area (Å²) in [6, 6.07) is 44.5.